The zero-order valence-corrected chi connectivity index (χ0v) is 11.2. The van der Waals surface area contributed by atoms with Crippen molar-refractivity contribution >= 4 is 28.4 Å². The van der Waals surface area contributed by atoms with E-state index < -0.39 is 0 Å². The van der Waals surface area contributed by atoms with E-state index in [1.807, 2.05) is 30.3 Å². The van der Waals surface area contributed by atoms with Gasteiger partial charge in [0.15, 0.2) is 0 Å². The molecule has 19 heavy (non-hydrogen) atoms. The van der Waals surface area contributed by atoms with Crippen LogP contribution in [-0.4, -0.2) is 6.34 Å². The van der Waals surface area contributed by atoms with Gasteiger partial charge in [0.2, 0.25) is 0 Å². The van der Waals surface area contributed by atoms with Crippen LogP contribution in [0.5, 0.6) is 0 Å². The van der Waals surface area contributed by atoms with Crippen molar-refractivity contribution in [3.8, 4) is 6.07 Å². The molecular weight excluding hydrogens is 254 g/mol. The number of para-hydroxylation sites is 1. The number of nitriles is 1. The van der Waals surface area contributed by atoms with Crippen molar-refractivity contribution in [2.45, 2.75) is 19.3 Å². The molecule has 0 unspecified atom stereocenters. The number of hydrogen-bond acceptors (Lipinski definition) is 3. The number of thiophene rings is 1. The van der Waals surface area contributed by atoms with Gasteiger partial charge >= 0.3 is 0 Å². The van der Waals surface area contributed by atoms with Gasteiger partial charge in [-0.25, -0.2) is 4.99 Å². The third kappa shape index (κ3) is 2.38. The van der Waals surface area contributed by atoms with Crippen LogP contribution in [0.4, 0.5) is 10.7 Å². The summed E-state index contributed by atoms with van der Waals surface area (Å²) in [5.41, 5.74) is 2.98. The summed E-state index contributed by atoms with van der Waals surface area (Å²) in [6, 6.07) is 12.2. The molecule has 0 atom stereocenters. The second-order valence-electron chi connectivity index (χ2n) is 4.42. The van der Waals surface area contributed by atoms with Crippen molar-refractivity contribution in [2.24, 2.45) is 4.99 Å². The average Bonchev–Trinajstić information content (AvgIpc) is 3.00. The van der Waals surface area contributed by atoms with Crippen LogP contribution < -0.4 is 5.32 Å². The van der Waals surface area contributed by atoms with E-state index in [1.54, 1.807) is 17.7 Å². The molecule has 4 heteroatoms. The molecule has 1 N–H and O–H groups in total. The topological polar surface area (TPSA) is 48.2 Å². The smallest absolute Gasteiger partial charge is 0.136 e. The fourth-order valence-corrected chi connectivity index (χ4v) is 3.48. The van der Waals surface area contributed by atoms with Crippen molar-refractivity contribution in [1.29, 1.82) is 5.26 Å². The van der Waals surface area contributed by atoms with E-state index in [0.29, 0.717) is 0 Å². The summed E-state index contributed by atoms with van der Waals surface area (Å²) in [5.74, 6) is 0. The molecule has 2 aromatic rings. The number of nitrogens with one attached hydrogen (secondary N) is 1. The number of hydrogen-bond donors (Lipinski definition) is 1. The molecule has 1 heterocycles. The molecule has 1 aromatic heterocycles. The van der Waals surface area contributed by atoms with Gasteiger partial charge in [-0.1, -0.05) is 18.2 Å². The van der Waals surface area contributed by atoms with Crippen LogP contribution in [0.15, 0.2) is 35.3 Å². The molecule has 0 saturated carbocycles. The Bertz CT molecular complexity index is 650. The Morgan fingerprint density at radius 3 is 2.89 bits per heavy atom. The molecule has 1 aliphatic rings. The molecule has 3 rings (SSSR count). The first-order valence-electron chi connectivity index (χ1n) is 6.27. The standard InChI is InChI=1S/C15H13N3S/c16-9-13-12-7-4-8-14(12)19-15(13)18-10-17-11-5-2-1-3-6-11/h1-3,5-6,10H,4,7-8H2,(H,17,18). The van der Waals surface area contributed by atoms with Crippen LogP contribution in [0.25, 0.3) is 0 Å². The van der Waals surface area contributed by atoms with Crippen LogP contribution in [0.1, 0.15) is 22.4 Å². The normalized spacial score (nSPS) is 13.4. The molecule has 3 nitrogen and oxygen atoms in total. The van der Waals surface area contributed by atoms with Gasteiger partial charge in [-0.2, -0.15) is 5.26 Å². The van der Waals surface area contributed by atoms with Crippen molar-refractivity contribution in [3.05, 3.63) is 46.3 Å². The van der Waals surface area contributed by atoms with Gasteiger partial charge < -0.3 is 5.32 Å². The Kier molecular flexibility index (Phi) is 3.30. The Morgan fingerprint density at radius 1 is 1.26 bits per heavy atom. The minimum Gasteiger partial charge on any atom is -0.346 e. The Balaban J connectivity index is 1.79. The van der Waals surface area contributed by atoms with Crippen LogP contribution in [0, 0.1) is 11.3 Å². The summed E-state index contributed by atoms with van der Waals surface area (Å²) in [7, 11) is 0. The lowest BCUT2D eigenvalue weighted by Crippen LogP contribution is -1.93. The first kappa shape index (κ1) is 11.9. The SMILES string of the molecule is N#Cc1c(/N=C/Nc2ccccc2)sc2c1CCC2. The second kappa shape index (κ2) is 5.25. The summed E-state index contributed by atoms with van der Waals surface area (Å²) in [6.07, 6.45) is 4.95. The number of benzene rings is 1. The molecule has 0 radical (unpaired) electrons. The van der Waals surface area contributed by atoms with Gasteiger partial charge in [-0.05, 0) is 37.0 Å². The van der Waals surface area contributed by atoms with Crippen LogP contribution in [-0.2, 0) is 12.8 Å². The number of rotatable bonds is 3. The Hall–Kier alpha value is -2.12. The number of aliphatic imine (C=N–C) groups is 1. The summed E-state index contributed by atoms with van der Waals surface area (Å²) in [4.78, 5) is 5.73. The molecule has 0 bridgehead atoms. The van der Waals surface area contributed by atoms with E-state index in [4.69, 9.17) is 0 Å². The van der Waals surface area contributed by atoms with Crippen LogP contribution in [0.3, 0.4) is 0 Å². The third-order valence-electron chi connectivity index (χ3n) is 3.20. The highest BCUT2D eigenvalue weighted by atomic mass is 32.1. The highest BCUT2D eigenvalue weighted by Crippen LogP contribution is 2.39. The van der Waals surface area contributed by atoms with Gasteiger partial charge in [-0.3, -0.25) is 0 Å². The molecule has 0 aliphatic heterocycles. The molecular formula is C15H13N3S. The van der Waals surface area contributed by atoms with Crippen molar-refractivity contribution in [3.63, 3.8) is 0 Å². The predicted molar refractivity (Wildman–Crippen MR) is 79.3 cm³/mol. The monoisotopic (exact) mass is 267 g/mol. The maximum Gasteiger partial charge on any atom is 0.136 e. The van der Waals surface area contributed by atoms with Gasteiger partial charge in [0, 0.05) is 10.6 Å². The Labute approximate surface area is 116 Å². The number of aryl methyl sites for hydroxylation is 1. The summed E-state index contributed by atoms with van der Waals surface area (Å²) in [6.45, 7) is 0. The van der Waals surface area contributed by atoms with Gasteiger partial charge in [0.25, 0.3) is 0 Å². The minimum absolute atomic E-state index is 0.767. The lowest BCUT2D eigenvalue weighted by molar-refractivity contribution is 0.913. The molecule has 1 aliphatic carbocycles. The molecule has 1 aromatic carbocycles. The first-order chi connectivity index (χ1) is 9.38. The van der Waals surface area contributed by atoms with Crippen molar-refractivity contribution < 1.29 is 0 Å². The van der Waals surface area contributed by atoms with Crippen LogP contribution in [0.2, 0.25) is 0 Å². The van der Waals surface area contributed by atoms with Crippen LogP contribution >= 0.6 is 11.3 Å². The van der Waals surface area contributed by atoms with Gasteiger partial charge in [0.1, 0.15) is 11.1 Å². The molecule has 0 amide bonds. The van der Waals surface area contributed by atoms with Gasteiger partial charge in [0.05, 0.1) is 11.9 Å². The molecule has 0 fully saturated rings. The number of nitrogens with zero attached hydrogens (tertiary/aromatic N) is 2. The fraction of sp³-hybridized carbons (Fsp3) is 0.200. The highest BCUT2D eigenvalue weighted by molar-refractivity contribution is 7.16. The maximum absolute atomic E-state index is 9.25. The van der Waals surface area contributed by atoms with E-state index in [0.717, 1.165) is 29.1 Å². The number of fused-ring (bicyclic) bond motifs is 1. The minimum atomic E-state index is 0.767. The van der Waals surface area contributed by atoms with E-state index in [9.17, 15) is 5.26 Å². The Morgan fingerprint density at radius 2 is 2.11 bits per heavy atom. The summed E-state index contributed by atoms with van der Waals surface area (Å²) in [5, 5.41) is 13.2. The summed E-state index contributed by atoms with van der Waals surface area (Å²) >= 11 is 1.65. The van der Waals surface area contributed by atoms with Crippen molar-refractivity contribution in [1.82, 2.24) is 0 Å². The predicted octanol–water partition coefficient (Wildman–Crippen LogP) is 3.88. The van der Waals surface area contributed by atoms with E-state index in [2.05, 4.69) is 16.4 Å². The largest absolute Gasteiger partial charge is 0.346 e. The molecule has 0 spiro atoms. The zero-order valence-electron chi connectivity index (χ0n) is 10.4. The van der Waals surface area contributed by atoms with E-state index in [-0.39, 0.29) is 0 Å². The number of anilines is 1. The molecule has 0 saturated heterocycles. The lowest BCUT2D eigenvalue weighted by Gasteiger charge is -1.98. The maximum atomic E-state index is 9.25. The first-order valence-corrected chi connectivity index (χ1v) is 7.09. The zero-order chi connectivity index (χ0) is 13.1. The fourth-order valence-electron chi connectivity index (χ4n) is 2.30. The summed E-state index contributed by atoms with van der Waals surface area (Å²) < 4.78 is 0. The second-order valence-corrected chi connectivity index (χ2v) is 5.50. The third-order valence-corrected chi connectivity index (χ3v) is 4.40. The molecule has 94 valence electrons. The quantitative estimate of drug-likeness (QED) is 0.677. The van der Waals surface area contributed by atoms with E-state index >= 15 is 0 Å². The highest BCUT2D eigenvalue weighted by Gasteiger charge is 2.21. The van der Waals surface area contributed by atoms with Gasteiger partial charge in [-0.15, -0.1) is 11.3 Å². The van der Waals surface area contributed by atoms with E-state index in [1.165, 1.54) is 16.9 Å². The van der Waals surface area contributed by atoms with Crippen molar-refractivity contribution in [2.75, 3.05) is 5.32 Å². The average molecular weight is 267 g/mol. The lowest BCUT2D eigenvalue weighted by atomic mass is 10.1.